The molecule has 0 N–H and O–H groups in total. The molecule has 0 bridgehead atoms. The third kappa shape index (κ3) is 1.48. The highest BCUT2D eigenvalue weighted by Gasteiger charge is 2.64. The first kappa shape index (κ1) is 12.2. The van der Waals surface area contributed by atoms with Crippen LogP contribution >= 0.6 is 11.9 Å². The lowest BCUT2D eigenvalue weighted by Gasteiger charge is -2.47. The van der Waals surface area contributed by atoms with Crippen LogP contribution in [0, 0.1) is 5.92 Å². The van der Waals surface area contributed by atoms with Gasteiger partial charge in [-0.05, 0) is 12.7 Å². The zero-order valence-electron chi connectivity index (χ0n) is 9.30. The Kier molecular flexibility index (Phi) is 2.96. The Morgan fingerprint density at radius 1 is 1.50 bits per heavy atom. The summed E-state index contributed by atoms with van der Waals surface area (Å²) in [6, 6.07) is 0. The fourth-order valence-electron chi connectivity index (χ4n) is 2.53. The van der Waals surface area contributed by atoms with E-state index in [1.165, 1.54) is 19.1 Å². The van der Waals surface area contributed by atoms with Crippen molar-refractivity contribution in [3.8, 4) is 0 Å². The van der Waals surface area contributed by atoms with Crippen molar-refractivity contribution >= 4 is 27.8 Å². The van der Waals surface area contributed by atoms with Crippen LogP contribution in [0.5, 0.6) is 0 Å². The fourth-order valence-corrected chi connectivity index (χ4v) is 5.72. The largest absolute Gasteiger partial charge is 0.469 e. The number of hydrogen-bond acceptors (Lipinski definition) is 6. The van der Waals surface area contributed by atoms with Crippen LogP contribution < -0.4 is 0 Å². The van der Waals surface area contributed by atoms with Crippen LogP contribution in [0.1, 0.15) is 6.42 Å². The molecule has 2 saturated heterocycles. The minimum absolute atomic E-state index is 0.106. The number of rotatable bonds is 2. The Bertz CT molecular complexity index is 400. The minimum atomic E-state index is -3.15. The maximum atomic E-state index is 12.0. The summed E-state index contributed by atoms with van der Waals surface area (Å²) in [4.78, 5) is 11.6. The van der Waals surface area contributed by atoms with Crippen LogP contribution in [-0.4, -0.2) is 55.6 Å². The molecule has 0 aliphatic carbocycles. The lowest BCUT2D eigenvalue weighted by atomic mass is 9.85. The van der Waals surface area contributed by atoms with Gasteiger partial charge in [-0.15, -0.1) is 0 Å². The Morgan fingerprint density at radius 3 is 2.62 bits per heavy atom. The molecule has 2 aliphatic rings. The highest BCUT2D eigenvalue weighted by molar-refractivity contribution is 7.97. The summed E-state index contributed by atoms with van der Waals surface area (Å²) in [6.45, 7) is 0.881. The number of methoxy groups -OCH3 is 1. The van der Waals surface area contributed by atoms with Crippen molar-refractivity contribution in [2.45, 2.75) is 11.2 Å². The van der Waals surface area contributed by atoms with Gasteiger partial charge in [-0.1, -0.05) is 11.9 Å². The molecule has 0 aromatic heterocycles. The lowest BCUT2D eigenvalue weighted by molar-refractivity contribution is -0.147. The third-order valence-electron chi connectivity index (χ3n) is 3.56. The summed E-state index contributed by atoms with van der Waals surface area (Å²) in [5.41, 5.74) is 0. The molecule has 2 fully saturated rings. The van der Waals surface area contributed by atoms with Crippen molar-refractivity contribution in [3.05, 3.63) is 0 Å². The van der Waals surface area contributed by atoms with Gasteiger partial charge in [0, 0.05) is 13.1 Å². The predicted molar refractivity (Wildman–Crippen MR) is 61.7 cm³/mol. The van der Waals surface area contributed by atoms with Gasteiger partial charge < -0.3 is 4.74 Å². The first-order valence-corrected chi connectivity index (χ1v) is 7.89. The Hall–Kier alpha value is -0.270. The second-order valence-corrected chi connectivity index (χ2v) is 7.56. The van der Waals surface area contributed by atoms with Gasteiger partial charge in [0.25, 0.3) is 0 Å². The third-order valence-corrected chi connectivity index (χ3v) is 6.89. The monoisotopic (exact) mass is 265 g/mol. The van der Waals surface area contributed by atoms with E-state index in [1.54, 1.807) is 0 Å². The molecule has 1 atom stereocenters. The first-order chi connectivity index (χ1) is 7.47. The minimum Gasteiger partial charge on any atom is -0.469 e. The van der Waals surface area contributed by atoms with E-state index < -0.39 is 20.5 Å². The molecule has 1 spiro atoms. The number of esters is 1. The van der Waals surface area contributed by atoms with E-state index in [9.17, 15) is 13.2 Å². The summed E-state index contributed by atoms with van der Waals surface area (Å²) in [6.07, 6.45) is 2.30. The highest BCUT2D eigenvalue weighted by Crippen LogP contribution is 2.46. The number of sulfone groups is 1. The maximum Gasteiger partial charge on any atom is 0.310 e. The number of hydrogen-bond donors (Lipinski definition) is 0. The lowest BCUT2D eigenvalue weighted by Crippen LogP contribution is -2.65. The molecule has 1 unspecified atom stereocenters. The molecule has 2 aliphatic heterocycles. The molecule has 16 heavy (non-hydrogen) atoms. The van der Waals surface area contributed by atoms with E-state index in [1.807, 2.05) is 10.6 Å². The summed E-state index contributed by atoms with van der Waals surface area (Å²) in [7, 11) is -1.84. The molecule has 0 aromatic carbocycles. The van der Waals surface area contributed by atoms with Crippen molar-refractivity contribution < 1.29 is 17.9 Å². The van der Waals surface area contributed by atoms with Crippen molar-refractivity contribution in [2.75, 3.05) is 32.2 Å². The van der Waals surface area contributed by atoms with Gasteiger partial charge in [0.2, 0.25) is 0 Å². The second-order valence-electron chi connectivity index (χ2n) is 4.23. The van der Waals surface area contributed by atoms with Gasteiger partial charge in [-0.3, -0.25) is 4.79 Å². The molecule has 0 aromatic rings. The van der Waals surface area contributed by atoms with E-state index in [0.717, 1.165) is 0 Å². The molecule has 5 nitrogen and oxygen atoms in total. The van der Waals surface area contributed by atoms with Crippen molar-refractivity contribution in [1.29, 1.82) is 0 Å². The summed E-state index contributed by atoms with van der Waals surface area (Å²) >= 11 is 1.51. The first-order valence-electron chi connectivity index (χ1n) is 5.06. The van der Waals surface area contributed by atoms with Crippen molar-refractivity contribution in [3.63, 3.8) is 0 Å². The van der Waals surface area contributed by atoms with E-state index in [0.29, 0.717) is 19.5 Å². The van der Waals surface area contributed by atoms with E-state index in [-0.39, 0.29) is 11.7 Å². The standard InChI is InChI=1S/C9H15NO4S2/c1-14-8(11)7-3-4-16(12,13)9(7)5-10(6-9)15-2/h7H,3-6H2,1-2H3. The predicted octanol–water partition coefficient (Wildman–Crippen LogP) is -0.0735. The molecular formula is C9H15NO4S2. The van der Waals surface area contributed by atoms with E-state index >= 15 is 0 Å². The summed E-state index contributed by atoms with van der Waals surface area (Å²) in [5, 5.41) is 0. The van der Waals surface area contributed by atoms with Crippen LogP contribution in [0.25, 0.3) is 0 Å². The SMILES string of the molecule is COC(=O)C1CCS(=O)(=O)C12CN(SC)C2. The van der Waals surface area contributed by atoms with Crippen LogP contribution in [0.3, 0.4) is 0 Å². The molecule has 2 heterocycles. The van der Waals surface area contributed by atoms with Gasteiger partial charge in [0.05, 0.1) is 18.8 Å². The summed E-state index contributed by atoms with van der Waals surface area (Å²) < 4.78 is 29.8. The van der Waals surface area contributed by atoms with E-state index in [2.05, 4.69) is 0 Å². The molecule has 92 valence electrons. The molecule has 0 amide bonds. The smallest absolute Gasteiger partial charge is 0.310 e. The van der Waals surface area contributed by atoms with Crippen molar-refractivity contribution in [2.24, 2.45) is 5.92 Å². The van der Waals surface area contributed by atoms with Crippen LogP contribution in [-0.2, 0) is 19.4 Å². The number of nitrogens with zero attached hydrogens (tertiary/aromatic N) is 1. The van der Waals surface area contributed by atoms with E-state index in [4.69, 9.17) is 4.74 Å². The van der Waals surface area contributed by atoms with Crippen LogP contribution in [0.4, 0.5) is 0 Å². The average Bonchev–Trinajstić information content (AvgIpc) is 2.46. The molecule has 7 heteroatoms. The number of carbonyl (C=O) groups is 1. The molecule has 0 radical (unpaired) electrons. The molecule has 2 rings (SSSR count). The Morgan fingerprint density at radius 2 is 2.12 bits per heavy atom. The Balaban J connectivity index is 2.27. The van der Waals surface area contributed by atoms with Crippen molar-refractivity contribution in [1.82, 2.24) is 4.31 Å². The maximum absolute atomic E-state index is 12.0. The highest BCUT2D eigenvalue weighted by atomic mass is 32.2. The Labute approximate surface area is 99.6 Å². The van der Waals surface area contributed by atoms with Crippen LogP contribution in [0.15, 0.2) is 0 Å². The van der Waals surface area contributed by atoms with Gasteiger partial charge in [0.1, 0.15) is 4.75 Å². The number of ether oxygens (including phenoxy) is 1. The summed E-state index contributed by atoms with van der Waals surface area (Å²) in [5.74, 6) is -0.762. The number of carbonyl (C=O) groups excluding carboxylic acids is 1. The average molecular weight is 265 g/mol. The second kappa shape index (κ2) is 3.89. The zero-order valence-corrected chi connectivity index (χ0v) is 10.9. The quantitative estimate of drug-likeness (QED) is 0.514. The van der Waals surface area contributed by atoms with Gasteiger partial charge in [0.15, 0.2) is 9.84 Å². The van der Waals surface area contributed by atoms with Gasteiger partial charge >= 0.3 is 5.97 Å². The van der Waals surface area contributed by atoms with Gasteiger partial charge in [-0.2, -0.15) is 0 Å². The topological polar surface area (TPSA) is 63.7 Å². The molecular weight excluding hydrogens is 250 g/mol. The van der Waals surface area contributed by atoms with Crippen LogP contribution in [0.2, 0.25) is 0 Å². The fraction of sp³-hybridized carbons (Fsp3) is 0.889. The van der Waals surface area contributed by atoms with Gasteiger partial charge in [-0.25, -0.2) is 12.7 Å². The zero-order chi connectivity index (χ0) is 12.0. The molecule has 0 saturated carbocycles. The normalized spacial score (nSPS) is 31.2.